The van der Waals surface area contributed by atoms with Crippen molar-refractivity contribution in [2.45, 2.75) is 58.4 Å². The molecule has 7 heteroatoms. The van der Waals surface area contributed by atoms with Crippen molar-refractivity contribution in [3.63, 3.8) is 0 Å². The van der Waals surface area contributed by atoms with Gasteiger partial charge in [0, 0.05) is 12.0 Å². The Morgan fingerprint density at radius 3 is 2.64 bits per heavy atom. The Labute approximate surface area is 130 Å². The molecule has 1 aliphatic rings. The summed E-state index contributed by atoms with van der Waals surface area (Å²) < 4.78 is 10.7. The van der Waals surface area contributed by atoms with Crippen LogP contribution in [0.4, 0.5) is 0 Å². The Morgan fingerprint density at radius 1 is 1.18 bits per heavy atom. The molecule has 1 saturated heterocycles. The van der Waals surface area contributed by atoms with Gasteiger partial charge in [0.15, 0.2) is 11.6 Å². The van der Waals surface area contributed by atoms with Crippen LogP contribution in [0.1, 0.15) is 63.0 Å². The quantitative estimate of drug-likeness (QED) is 0.861. The molecule has 120 valence electrons. The van der Waals surface area contributed by atoms with Crippen LogP contribution in [0.15, 0.2) is 9.05 Å². The smallest absolute Gasteiger partial charge is 0.240 e. The molecular formula is C15H23N5O2. The van der Waals surface area contributed by atoms with Gasteiger partial charge < -0.3 is 9.05 Å². The molecule has 0 bridgehead atoms. The van der Waals surface area contributed by atoms with E-state index in [1.54, 1.807) is 0 Å². The van der Waals surface area contributed by atoms with Crippen molar-refractivity contribution in [1.29, 1.82) is 0 Å². The third-order valence-electron chi connectivity index (χ3n) is 3.90. The molecule has 1 fully saturated rings. The minimum Gasteiger partial charge on any atom is -0.339 e. The van der Waals surface area contributed by atoms with Crippen LogP contribution in [0.3, 0.4) is 0 Å². The first-order valence-corrected chi connectivity index (χ1v) is 7.77. The number of aryl methyl sites for hydroxylation is 1. The molecule has 0 amide bonds. The average Bonchev–Trinajstić information content (AvgIpc) is 3.08. The summed E-state index contributed by atoms with van der Waals surface area (Å²) in [6.07, 6.45) is 2.18. The van der Waals surface area contributed by atoms with Crippen LogP contribution in [0.25, 0.3) is 0 Å². The molecule has 0 saturated carbocycles. The van der Waals surface area contributed by atoms with Gasteiger partial charge in [0.25, 0.3) is 0 Å². The van der Waals surface area contributed by atoms with E-state index in [2.05, 4.69) is 46.0 Å². The van der Waals surface area contributed by atoms with E-state index in [1.807, 2.05) is 6.92 Å². The summed E-state index contributed by atoms with van der Waals surface area (Å²) in [4.78, 5) is 11.2. The van der Waals surface area contributed by atoms with Crippen molar-refractivity contribution >= 4 is 0 Å². The van der Waals surface area contributed by atoms with E-state index < -0.39 is 0 Å². The number of nitrogens with zero attached hydrogens (tertiary/aromatic N) is 5. The van der Waals surface area contributed by atoms with Gasteiger partial charge in [-0.25, -0.2) is 0 Å². The van der Waals surface area contributed by atoms with Gasteiger partial charge in [-0.15, -0.1) is 0 Å². The molecule has 2 aromatic rings. The summed E-state index contributed by atoms with van der Waals surface area (Å²) in [5, 5.41) is 7.97. The van der Waals surface area contributed by atoms with Crippen LogP contribution in [-0.2, 0) is 12.0 Å². The lowest BCUT2D eigenvalue weighted by molar-refractivity contribution is 0.162. The SMILES string of the molecule is Cc1noc([C@@H]2CCCN(Cc3nc(C(C)(C)C)no3)C2)n1. The summed E-state index contributed by atoms with van der Waals surface area (Å²) in [5.41, 5.74) is -0.0898. The molecule has 0 aliphatic carbocycles. The van der Waals surface area contributed by atoms with Gasteiger partial charge in [-0.3, -0.25) is 4.90 Å². The van der Waals surface area contributed by atoms with Crippen molar-refractivity contribution in [1.82, 2.24) is 25.2 Å². The second kappa shape index (κ2) is 5.79. The Morgan fingerprint density at radius 2 is 2.00 bits per heavy atom. The molecular weight excluding hydrogens is 282 g/mol. The van der Waals surface area contributed by atoms with E-state index in [0.29, 0.717) is 24.2 Å². The van der Waals surface area contributed by atoms with Crippen molar-refractivity contribution in [3.8, 4) is 0 Å². The number of rotatable bonds is 3. The number of aromatic nitrogens is 4. The molecule has 7 nitrogen and oxygen atoms in total. The summed E-state index contributed by atoms with van der Waals surface area (Å²) in [5.74, 6) is 3.15. The summed E-state index contributed by atoms with van der Waals surface area (Å²) >= 11 is 0. The molecule has 3 heterocycles. The highest BCUT2D eigenvalue weighted by Crippen LogP contribution is 2.27. The van der Waals surface area contributed by atoms with Gasteiger partial charge in [0.1, 0.15) is 0 Å². The van der Waals surface area contributed by atoms with Gasteiger partial charge >= 0.3 is 0 Å². The maximum atomic E-state index is 5.38. The van der Waals surface area contributed by atoms with E-state index in [0.717, 1.165) is 37.6 Å². The minimum absolute atomic E-state index is 0.0898. The Kier molecular flexibility index (Phi) is 3.99. The van der Waals surface area contributed by atoms with E-state index in [4.69, 9.17) is 9.05 Å². The zero-order valence-corrected chi connectivity index (χ0v) is 13.7. The fourth-order valence-electron chi connectivity index (χ4n) is 2.69. The highest BCUT2D eigenvalue weighted by molar-refractivity contribution is 5.01. The molecule has 0 N–H and O–H groups in total. The summed E-state index contributed by atoms with van der Waals surface area (Å²) in [7, 11) is 0. The van der Waals surface area contributed by atoms with Crippen LogP contribution < -0.4 is 0 Å². The van der Waals surface area contributed by atoms with Gasteiger partial charge in [-0.2, -0.15) is 9.97 Å². The molecule has 2 aromatic heterocycles. The predicted molar refractivity (Wildman–Crippen MR) is 79.3 cm³/mol. The summed E-state index contributed by atoms with van der Waals surface area (Å²) in [6.45, 7) is 10.7. The molecule has 0 radical (unpaired) electrons. The predicted octanol–water partition coefficient (Wildman–Crippen LogP) is 2.44. The van der Waals surface area contributed by atoms with Crippen LogP contribution in [0.5, 0.6) is 0 Å². The molecule has 1 aliphatic heterocycles. The lowest BCUT2D eigenvalue weighted by Gasteiger charge is -2.29. The van der Waals surface area contributed by atoms with Crippen molar-refractivity contribution in [2.24, 2.45) is 0 Å². The monoisotopic (exact) mass is 305 g/mol. The highest BCUT2D eigenvalue weighted by Gasteiger charge is 2.27. The minimum atomic E-state index is -0.0898. The third-order valence-corrected chi connectivity index (χ3v) is 3.90. The number of likely N-dealkylation sites (tertiary alicyclic amines) is 1. The van der Waals surface area contributed by atoms with Crippen LogP contribution in [0.2, 0.25) is 0 Å². The largest absolute Gasteiger partial charge is 0.339 e. The maximum absolute atomic E-state index is 5.38. The molecule has 3 rings (SSSR count). The van der Waals surface area contributed by atoms with Crippen molar-refractivity contribution in [3.05, 3.63) is 23.4 Å². The molecule has 22 heavy (non-hydrogen) atoms. The maximum Gasteiger partial charge on any atom is 0.240 e. The molecule has 0 spiro atoms. The van der Waals surface area contributed by atoms with E-state index >= 15 is 0 Å². The Hall–Kier alpha value is -1.76. The fourth-order valence-corrected chi connectivity index (χ4v) is 2.69. The number of piperidine rings is 1. The van der Waals surface area contributed by atoms with E-state index in [9.17, 15) is 0 Å². The van der Waals surface area contributed by atoms with Crippen molar-refractivity contribution in [2.75, 3.05) is 13.1 Å². The standard InChI is InChI=1S/C15H23N5O2/c1-10-16-13(22-18-10)11-6-5-7-20(8-11)9-12-17-14(19-21-12)15(2,3)4/h11H,5-9H2,1-4H3/t11-/m1/s1. The lowest BCUT2D eigenvalue weighted by Crippen LogP contribution is -2.34. The lowest BCUT2D eigenvalue weighted by atomic mass is 9.96. The summed E-state index contributed by atoms with van der Waals surface area (Å²) in [6, 6.07) is 0. The van der Waals surface area contributed by atoms with Crippen LogP contribution in [0, 0.1) is 6.92 Å². The topological polar surface area (TPSA) is 81.1 Å². The fraction of sp³-hybridized carbons (Fsp3) is 0.733. The third kappa shape index (κ3) is 3.35. The molecule has 1 atom stereocenters. The number of hydrogen-bond donors (Lipinski definition) is 0. The van der Waals surface area contributed by atoms with Gasteiger partial charge in [0.2, 0.25) is 11.8 Å². The number of hydrogen-bond acceptors (Lipinski definition) is 7. The second-order valence-electron chi connectivity index (χ2n) is 7.02. The molecule has 0 aromatic carbocycles. The first-order valence-electron chi connectivity index (χ1n) is 7.77. The van der Waals surface area contributed by atoms with Crippen LogP contribution in [-0.4, -0.2) is 38.3 Å². The highest BCUT2D eigenvalue weighted by atomic mass is 16.5. The van der Waals surface area contributed by atoms with Crippen LogP contribution >= 0.6 is 0 Å². The zero-order valence-electron chi connectivity index (χ0n) is 13.7. The first kappa shape index (κ1) is 15.1. The van der Waals surface area contributed by atoms with Crippen molar-refractivity contribution < 1.29 is 9.05 Å². The second-order valence-corrected chi connectivity index (χ2v) is 7.02. The van der Waals surface area contributed by atoms with Gasteiger partial charge in [-0.05, 0) is 26.3 Å². The Balaban J connectivity index is 1.64. The van der Waals surface area contributed by atoms with Gasteiger partial charge in [-0.1, -0.05) is 31.1 Å². The Bertz CT molecular complexity index is 628. The zero-order chi connectivity index (χ0) is 15.7. The average molecular weight is 305 g/mol. The van der Waals surface area contributed by atoms with Gasteiger partial charge in [0.05, 0.1) is 12.5 Å². The van der Waals surface area contributed by atoms with E-state index in [-0.39, 0.29) is 5.41 Å². The molecule has 0 unspecified atom stereocenters. The first-order chi connectivity index (χ1) is 10.4. The normalized spacial score (nSPS) is 20.5. The van der Waals surface area contributed by atoms with E-state index in [1.165, 1.54) is 0 Å².